The van der Waals surface area contributed by atoms with Gasteiger partial charge in [-0.1, -0.05) is 0 Å². The van der Waals surface area contributed by atoms with Crippen molar-refractivity contribution in [1.82, 2.24) is 0 Å². The van der Waals surface area contributed by atoms with Crippen LogP contribution in [0, 0.1) is 23.2 Å². The molecule has 3 heteroatoms. The second-order valence-corrected chi connectivity index (χ2v) is 7.71. The summed E-state index contributed by atoms with van der Waals surface area (Å²) in [5, 5.41) is 0. The van der Waals surface area contributed by atoms with Crippen molar-refractivity contribution in [2.45, 2.75) is 57.1 Å². The predicted octanol–water partition coefficient (Wildman–Crippen LogP) is 2.34. The highest BCUT2D eigenvalue weighted by Gasteiger charge is 2.53. The molecule has 3 nitrogen and oxygen atoms in total. The molecule has 4 aliphatic carbocycles. The van der Waals surface area contributed by atoms with Gasteiger partial charge in [0.15, 0.2) is 0 Å². The van der Waals surface area contributed by atoms with Crippen LogP contribution in [0.4, 0.5) is 0 Å². The Balaban J connectivity index is 1.40. The topological polar surface area (TPSA) is 44.5 Å². The minimum absolute atomic E-state index is 0.251. The zero-order chi connectivity index (χ0) is 12.9. The molecule has 0 amide bonds. The van der Waals surface area contributed by atoms with Crippen molar-refractivity contribution in [3.05, 3.63) is 0 Å². The van der Waals surface area contributed by atoms with Gasteiger partial charge in [0.25, 0.3) is 0 Å². The van der Waals surface area contributed by atoms with Crippen LogP contribution in [0.25, 0.3) is 0 Å². The van der Waals surface area contributed by atoms with Crippen molar-refractivity contribution < 1.29 is 9.47 Å². The Hall–Kier alpha value is -0.120. The Morgan fingerprint density at radius 3 is 2.26 bits per heavy atom. The summed E-state index contributed by atoms with van der Waals surface area (Å²) in [5.41, 5.74) is 7.01. The molecular weight excluding hydrogens is 238 g/mol. The Morgan fingerprint density at radius 1 is 1.11 bits per heavy atom. The van der Waals surface area contributed by atoms with Gasteiger partial charge in [0.1, 0.15) is 0 Å². The van der Waals surface area contributed by atoms with Gasteiger partial charge in [0.05, 0.1) is 19.3 Å². The summed E-state index contributed by atoms with van der Waals surface area (Å²) in [4.78, 5) is 0. The van der Waals surface area contributed by atoms with Crippen molar-refractivity contribution in [2.75, 3.05) is 19.8 Å². The zero-order valence-electron chi connectivity index (χ0n) is 11.9. The van der Waals surface area contributed by atoms with Gasteiger partial charge >= 0.3 is 0 Å². The van der Waals surface area contributed by atoms with Crippen LogP contribution in [-0.4, -0.2) is 32.0 Å². The summed E-state index contributed by atoms with van der Waals surface area (Å²) in [6.45, 7) is 2.38. The van der Waals surface area contributed by atoms with E-state index in [1.54, 1.807) is 0 Å². The van der Waals surface area contributed by atoms with Crippen LogP contribution >= 0.6 is 0 Å². The maximum atomic E-state index is 6.59. The number of hydrogen-bond donors (Lipinski definition) is 1. The first-order valence-corrected chi connectivity index (χ1v) is 8.18. The minimum Gasteiger partial charge on any atom is -0.379 e. The van der Waals surface area contributed by atoms with Crippen molar-refractivity contribution in [2.24, 2.45) is 28.9 Å². The molecule has 19 heavy (non-hydrogen) atoms. The van der Waals surface area contributed by atoms with Gasteiger partial charge in [-0.05, 0) is 68.1 Å². The van der Waals surface area contributed by atoms with Gasteiger partial charge in [-0.15, -0.1) is 0 Å². The smallest absolute Gasteiger partial charge is 0.0831 e. The molecule has 5 rings (SSSR count). The van der Waals surface area contributed by atoms with Crippen LogP contribution in [0.1, 0.15) is 44.9 Å². The van der Waals surface area contributed by atoms with Crippen molar-refractivity contribution >= 4 is 0 Å². The minimum atomic E-state index is 0.251. The van der Waals surface area contributed by atoms with Crippen LogP contribution in [0.3, 0.4) is 0 Å². The highest BCUT2D eigenvalue weighted by Crippen LogP contribution is 2.60. The van der Waals surface area contributed by atoms with E-state index in [9.17, 15) is 0 Å². The maximum Gasteiger partial charge on any atom is 0.0831 e. The van der Waals surface area contributed by atoms with E-state index in [1.807, 2.05) is 0 Å². The van der Waals surface area contributed by atoms with Gasteiger partial charge in [-0.3, -0.25) is 0 Å². The van der Waals surface area contributed by atoms with E-state index < -0.39 is 0 Å². The monoisotopic (exact) mass is 265 g/mol. The summed E-state index contributed by atoms with van der Waals surface area (Å²) in [7, 11) is 0. The quantitative estimate of drug-likeness (QED) is 0.848. The van der Waals surface area contributed by atoms with E-state index in [4.69, 9.17) is 15.2 Å². The van der Waals surface area contributed by atoms with Crippen LogP contribution in [-0.2, 0) is 9.47 Å². The number of rotatable bonds is 4. The molecule has 0 aromatic heterocycles. The van der Waals surface area contributed by atoms with Gasteiger partial charge < -0.3 is 15.2 Å². The highest BCUT2D eigenvalue weighted by atomic mass is 16.5. The summed E-state index contributed by atoms with van der Waals surface area (Å²) in [5.74, 6) is 2.94. The standard InChI is InChI=1S/C16H27NO2/c17-15(10-19-14-1-2-18-9-14)16-6-11-3-12(7-16)5-13(4-11)8-16/h11-15H,1-10,17H2. The number of hydrogen-bond acceptors (Lipinski definition) is 3. The van der Waals surface area contributed by atoms with E-state index in [2.05, 4.69) is 0 Å². The molecule has 4 saturated carbocycles. The van der Waals surface area contributed by atoms with E-state index in [1.165, 1.54) is 38.5 Å². The van der Waals surface area contributed by atoms with Crippen LogP contribution in [0.5, 0.6) is 0 Å². The Morgan fingerprint density at radius 2 is 1.74 bits per heavy atom. The van der Waals surface area contributed by atoms with Crippen molar-refractivity contribution in [3.63, 3.8) is 0 Å². The van der Waals surface area contributed by atoms with Crippen molar-refractivity contribution in [3.8, 4) is 0 Å². The molecule has 2 N–H and O–H groups in total. The predicted molar refractivity (Wildman–Crippen MR) is 73.8 cm³/mol. The lowest BCUT2D eigenvalue weighted by Gasteiger charge is -2.58. The molecule has 108 valence electrons. The third-order valence-corrected chi connectivity index (χ3v) is 6.27. The highest BCUT2D eigenvalue weighted by molar-refractivity contribution is 5.05. The Labute approximate surface area is 116 Å². The lowest BCUT2D eigenvalue weighted by atomic mass is 9.48. The second kappa shape index (κ2) is 4.71. The van der Waals surface area contributed by atoms with E-state index in [0.29, 0.717) is 11.5 Å². The van der Waals surface area contributed by atoms with Gasteiger partial charge in [-0.25, -0.2) is 0 Å². The molecule has 1 saturated heterocycles. The fraction of sp³-hybridized carbons (Fsp3) is 1.00. The lowest BCUT2D eigenvalue weighted by molar-refractivity contribution is -0.0874. The van der Waals surface area contributed by atoms with Crippen LogP contribution in [0.15, 0.2) is 0 Å². The summed E-state index contributed by atoms with van der Waals surface area (Å²) < 4.78 is 11.4. The third-order valence-electron chi connectivity index (χ3n) is 6.27. The lowest BCUT2D eigenvalue weighted by Crippen LogP contribution is -2.56. The van der Waals surface area contributed by atoms with Gasteiger partial charge in [-0.2, -0.15) is 0 Å². The average Bonchev–Trinajstić information content (AvgIpc) is 2.87. The van der Waals surface area contributed by atoms with E-state index >= 15 is 0 Å². The molecule has 5 aliphatic rings. The molecule has 1 aliphatic heterocycles. The Kier molecular flexibility index (Phi) is 3.13. The SMILES string of the molecule is NC(COC1CCOC1)C12CC3CC(CC(C3)C1)C2. The molecule has 5 fully saturated rings. The average molecular weight is 265 g/mol. The molecule has 2 unspecified atom stereocenters. The number of ether oxygens (including phenoxy) is 2. The summed E-state index contributed by atoms with van der Waals surface area (Å²) in [6, 6.07) is 0.251. The molecule has 0 aromatic rings. The third kappa shape index (κ3) is 2.24. The first-order chi connectivity index (χ1) is 9.23. The maximum absolute atomic E-state index is 6.59. The van der Waals surface area contributed by atoms with E-state index in [0.717, 1.165) is 44.0 Å². The zero-order valence-corrected chi connectivity index (χ0v) is 11.9. The number of nitrogens with two attached hydrogens (primary N) is 1. The summed E-state index contributed by atoms with van der Waals surface area (Å²) in [6.07, 6.45) is 9.96. The van der Waals surface area contributed by atoms with Crippen LogP contribution in [0.2, 0.25) is 0 Å². The molecule has 0 radical (unpaired) electrons. The molecule has 2 atom stereocenters. The first-order valence-electron chi connectivity index (χ1n) is 8.18. The first kappa shape index (κ1) is 12.6. The van der Waals surface area contributed by atoms with Gasteiger partial charge in [0, 0.05) is 12.6 Å². The molecular formula is C16H27NO2. The normalized spacial score (nSPS) is 49.7. The Bertz CT molecular complexity index is 302. The fourth-order valence-electron chi connectivity index (χ4n) is 5.69. The molecule has 4 bridgehead atoms. The molecule has 1 heterocycles. The molecule has 0 aromatic carbocycles. The molecule has 0 spiro atoms. The second-order valence-electron chi connectivity index (χ2n) is 7.71. The largest absolute Gasteiger partial charge is 0.379 e. The summed E-state index contributed by atoms with van der Waals surface area (Å²) >= 11 is 0. The fourth-order valence-corrected chi connectivity index (χ4v) is 5.69. The van der Waals surface area contributed by atoms with Crippen molar-refractivity contribution in [1.29, 1.82) is 0 Å². The van der Waals surface area contributed by atoms with E-state index in [-0.39, 0.29) is 6.04 Å². The van der Waals surface area contributed by atoms with Crippen LogP contribution < -0.4 is 5.73 Å². The van der Waals surface area contributed by atoms with Gasteiger partial charge in [0.2, 0.25) is 0 Å².